The van der Waals surface area contributed by atoms with Gasteiger partial charge in [0, 0.05) is 6.42 Å². The molecule has 1 aliphatic rings. The van der Waals surface area contributed by atoms with Gasteiger partial charge in [-0.25, -0.2) is 0 Å². The van der Waals surface area contributed by atoms with Crippen molar-refractivity contribution in [2.24, 2.45) is 0 Å². The first-order chi connectivity index (χ1) is 5.68. The van der Waals surface area contributed by atoms with Crippen molar-refractivity contribution in [1.82, 2.24) is 5.23 Å². The molecule has 0 aromatic carbocycles. The van der Waals surface area contributed by atoms with Gasteiger partial charge in [0.25, 0.3) is 0 Å². The summed E-state index contributed by atoms with van der Waals surface area (Å²) >= 11 is 0. The topological polar surface area (TPSA) is 59.0 Å². The van der Waals surface area contributed by atoms with E-state index in [1.165, 1.54) is 5.23 Å². The number of hydrogen-bond donors (Lipinski definition) is 1. The molecule has 0 bridgehead atoms. The molecule has 1 N–H and O–H groups in total. The first-order valence-corrected chi connectivity index (χ1v) is 3.66. The second-order valence-electron chi connectivity index (χ2n) is 2.46. The lowest BCUT2D eigenvalue weighted by Gasteiger charge is -2.10. The van der Waals surface area contributed by atoms with Gasteiger partial charge in [-0.05, 0) is 11.6 Å². The smallest absolute Gasteiger partial charge is 0.303 e. The van der Waals surface area contributed by atoms with Crippen LogP contribution in [0.15, 0.2) is 12.3 Å². The van der Waals surface area contributed by atoms with Crippen molar-refractivity contribution in [3.05, 3.63) is 12.3 Å². The predicted molar refractivity (Wildman–Crippen MR) is 39.8 cm³/mol. The van der Waals surface area contributed by atoms with E-state index < -0.39 is 5.97 Å². The Bertz CT molecular complexity index is 192. The highest BCUT2D eigenvalue weighted by molar-refractivity contribution is 5.66. The number of carboxylic acid groups (broad SMARTS) is 1. The normalized spacial score (nSPS) is 17.8. The molecule has 0 aliphatic carbocycles. The zero-order valence-electron chi connectivity index (χ0n) is 6.65. The Labute approximate surface area is 70.1 Å². The molecule has 5 heteroatoms. The first kappa shape index (κ1) is 9.02. The van der Waals surface area contributed by atoms with Crippen LogP contribution in [0.1, 0.15) is 12.8 Å². The van der Waals surface area contributed by atoms with Crippen LogP contribution in [0.5, 0.6) is 0 Å². The largest absolute Gasteiger partial charge is 0.481 e. The third-order valence-corrected chi connectivity index (χ3v) is 1.33. The van der Waals surface area contributed by atoms with Gasteiger partial charge in [0.15, 0.2) is 0 Å². The Hall–Kier alpha value is -1.07. The second kappa shape index (κ2) is 4.08. The molecule has 12 heavy (non-hydrogen) atoms. The fourth-order valence-electron chi connectivity index (χ4n) is 0.810. The summed E-state index contributed by atoms with van der Waals surface area (Å²) in [6.07, 6.45) is 0.623. The summed E-state index contributed by atoms with van der Waals surface area (Å²) in [5.74, 6) is -0.265. The number of hydroxylamine groups is 2. The molecule has 0 spiro atoms. The van der Waals surface area contributed by atoms with Crippen LogP contribution in [0.3, 0.4) is 0 Å². The minimum Gasteiger partial charge on any atom is -0.481 e. The maximum atomic E-state index is 10.1. The highest BCUT2D eigenvalue weighted by atomic mass is 17.0. The van der Waals surface area contributed by atoms with Crippen molar-refractivity contribution in [2.75, 3.05) is 13.2 Å². The first-order valence-electron chi connectivity index (χ1n) is 3.66. The Morgan fingerprint density at radius 3 is 3.00 bits per heavy atom. The summed E-state index contributed by atoms with van der Waals surface area (Å²) in [6, 6.07) is 0. The van der Waals surface area contributed by atoms with E-state index in [2.05, 4.69) is 6.58 Å². The van der Waals surface area contributed by atoms with Gasteiger partial charge in [-0.2, -0.15) is 0 Å². The van der Waals surface area contributed by atoms with E-state index in [0.717, 1.165) is 0 Å². The summed E-state index contributed by atoms with van der Waals surface area (Å²) in [5.41, 5.74) is 0. The standard InChI is InChI=1S/C7H11NO4/c1-6-5-11-8(12-6)4-2-3-7(9)10/h1-5H2,(H,9,10). The molecule has 5 nitrogen and oxygen atoms in total. The Morgan fingerprint density at radius 1 is 1.75 bits per heavy atom. The van der Waals surface area contributed by atoms with Gasteiger partial charge in [-0.1, -0.05) is 6.58 Å². The molecule has 0 radical (unpaired) electrons. The second-order valence-corrected chi connectivity index (χ2v) is 2.46. The molecule has 68 valence electrons. The van der Waals surface area contributed by atoms with E-state index in [-0.39, 0.29) is 6.42 Å². The molecule has 1 heterocycles. The maximum Gasteiger partial charge on any atom is 0.303 e. The molecule has 0 aromatic rings. The Morgan fingerprint density at radius 2 is 2.50 bits per heavy atom. The van der Waals surface area contributed by atoms with E-state index in [4.69, 9.17) is 14.8 Å². The molecule has 0 unspecified atom stereocenters. The number of carbonyl (C=O) groups is 1. The molecule has 0 saturated carbocycles. The average Bonchev–Trinajstić information content (AvgIpc) is 2.35. The van der Waals surface area contributed by atoms with E-state index >= 15 is 0 Å². The Kier molecular flexibility index (Phi) is 3.07. The molecule has 1 fully saturated rings. The highest BCUT2D eigenvalue weighted by Crippen LogP contribution is 2.11. The molecule has 0 aromatic heterocycles. The van der Waals surface area contributed by atoms with Gasteiger partial charge in [0.1, 0.15) is 12.4 Å². The molecule has 0 amide bonds. The van der Waals surface area contributed by atoms with E-state index in [0.29, 0.717) is 25.3 Å². The fraction of sp³-hybridized carbons (Fsp3) is 0.571. The van der Waals surface area contributed by atoms with Crippen molar-refractivity contribution in [2.45, 2.75) is 12.8 Å². The minimum atomic E-state index is -0.812. The van der Waals surface area contributed by atoms with Crippen molar-refractivity contribution < 1.29 is 19.6 Å². The number of rotatable bonds is 4. The molecule has 1 aliphatic heterocycles. The SMILES string of the molecule is C=C1CON(CCCC(=O)O)O1. The molecular formula is C7H11NO4. The predicted octanol–water partition coefficient (Wildman–Crippen LogP) is 0.544. The number of carboxylic acids is 1. The highest BCUT2D eigenvalue weighted by Gasteiger charge is 2.16. The number of nitrogens with zero attached hydrogens (tertiary/aromatic N) is 1. The van der Waals surface area contributed by atoms with Crippen LogP contribution < -0.4 is 0 Å². The van der Waals surface area contributed by atoms with E-state index in [1.807, 2.05) is 0 Å². The maximum absolute atomic E-state index is 10.1. The van der Waals surface area contributed by atoms with Crippen LogP contribution in [0.4, 0.5) is 0 Å². The lowest BCUT2D eigenvalue weighted by Crippen LogP contribution is -2.18. The Balaban J connectivity index is 2.08. The van der Waals surface area contributed by atoms with Crippen molar-refractivity contribution in [1.29, 1.82) is 0 Å². The van der Waals surface area contributed by atoms with Crippen molar-refractivity contribution >= 4 is 5.97 Å². The molecule has 0 atom stereocenters. The summed E-state index contributed by atoms with van der Waals surface area (Å²) in [4.78, 5) is 20.1. The minimum absolute atomic E-state index is 0.121. The number of aliphatic carboxylic acids is 1. The molecule has 1 rings (SSSR count). The lowest BCUT2D eigenvalue weighted by molar-refractivity contribution is -0.290. The van der Waals surface area contributed by atoms with Gasteiger partial charge in [-0.3, -0.25) is 9.63 Å². The monoisotopic (exact) mass is 173 g/mol. The van der Waals surface area contributed by atoms with Crippen LogP contribution in [0.25, 0.3) is 0 Å². The van der Waals surface area contributed by atoms with Crippen LogP contribution in [0.2, 0.25) is 0 Å². The van der Waals surface area contributed by atoms with Crippen molar-refractivity contribution in [3.63, 3.8) is 0 Å². The van der Waals surface area contributed by atoms with E-state index in [9.17, 15) is 4.79 Å². The summed E-state index contributed by atoms with van der Waals surface area (Å²) < 4.78 is 0. The zero-order chi connectivity index (χ0) is 8.97. The van der Waals surface area contributed by atoms with Crippen LogP contribution in [-0.2, 0) is 14.5 Å². The average molecular weight is 173 g/mol. The van der Waals surface area contributed by atoms with Gasteiger partial charge < -0.3 is 9.94 Å². The third kappa shape index (κ3) is 2.89. The molecular weight excluding hydrogens is 162 g/mol. The summed E-state index contributed by atoms with van der Waals surface area (Å²) in [5, 5.41) is 9.58. The van der Waals surface area contributed by atoms with Crippen LogP contribution in [-0.4, -0.2) is 29.5 Å². The summed E-state index contributed by atoms with van der Waals surface area (Å²) in [7, 11) is 0. The zero-order valence-corrected chi connectivity index (χ0v) is 6.65. The third-order valence-electron chi connectivity index (χ3n) is 1.33. The lowest BCUT2D eigenvalue weighted by atomic mass is 10.3. The van der Waals surface area contributed by atoms with Crippen LogP contribution >= 0.6 is 0 Å². The number of hydrogen-bond acceptors (Lipinski definition) is 4. The van der Waals surface area contributed by atoms with Gasteiger partial charge in [0.2, 0.25) is 0 Å². The summed E-state index contributed by atoms with van der Waals surface area (Å²) in [6.45, 7) is 4.35. The molecule has 1 saturated heterocycles. The van der Waals surface area contributed by atoms with Gasteiger partial charge in [-0.15, -0.1) is 0 Å². The van der Waals surface area contributed by atoms with Crippen molar-refractivity contribution in [3.8, 4) is 0 Å². The van der Waals surface area contributed by atoms with E-state index in [1.54, 1.807) is 0 Å². The van der Waals surface area contributed by atoms with Gasteiger partial charge >= 0.3 is 5.97 Å². The van der Waals surface area contributed by atoms with Crippen LogP contribution in [0, 0.1) is 0 Å². The fourth-order valence-corrected chi connectivity index (χ4v) is 0.810. The quantitative estimate of drug-likeness (QED) is 0.672. The van der Waals surface area contributed by atoms with Gasteiger partial charge in [0.05, 0.1) is 6.54 Å².